The fraction of sp³-hybridized carbons (Fsp3) is 0.200. The van der Waals surface area contributed by atoms with Gasteiger partial charge in [0.25, 0.3) is 0 Å². The minimum atomic E-state index is -0.211. The van der Waals surface area contributed by atoms with Gasteiger partial charge < -0.3 is 10.6 Å². The van der Waals surface area contributed by atoms with Gasteiger partial charge in [-0.3, -0.25) is 0 Å². The highest BCUT2D eigenvalue weighted by Gasteiger charge is 2.00. The third-order valence-corrected chi connectivity index (χ3v) is 3.86. The molecule has 3 rings (SSSR count). The molecule has 4 nitrogen and oxygen atoms in total. The van der Waals surface area contributed by atoms with Crippen LogP contribution in [0.25, 0.3) is 0 Å². The number of benzene rings is 2. The second kappa shape index (κ2) is 8.24. The first-order valence-corrected chi connectivity index (χ1v) is 8.30. The maximum Gasteiger partial charge on any atom is 0.224 e. The SMILES string of the molecule is Cc1ccc(CNc2nccc(NCCc3ccc(F)cc3)n2)cc1. The lowest BCUT2D eigenvalue weighted by atomic mass is 10.1. The lowest BCUT2D eigenvalue weighted by Crippen LogP contribution is -2.09. The monoisotopic (exact) mass is 336 g/mol. The smallest absolute Gasteiger partial charge is 0.224 e. The molecule has 0 fully saturated rings. The van der Waals surface area contributed by atoms with E-state index in [0.717, 1.165) is 24.3 Å². The Morgan fingerprint density at radius 2 is 1.60 bits per heavy atom. The fourth-order valence-electron chi connectivity index (χ4n) is 2.42. The first kappa shape index (κ1) is 16.9. The van der Waals surface area contributed by atoms with Crippen molar-refractivity contribution in [3.8, 4) is 0 Å². The van der Waals surface area contributed by atoms with Gasteiger partial charge in [0, 0.05) is 19.3 Å². The maximum atomic E-state index is 12.9. The molecule has 0 aliphatic heterocycles. The molecule has 128 valence electrons. The van der Waals surface area contributed by atoms with Crippen LogP contribution in [-0.2, 0) is 13.0 Å². The van der Waals surface area contributed by atoms with E-state index < -0.39 is 0 Å². The van der Waals surface area contributed by atoms with Gasteiger partial charge >= 0.3 is 0 Å². The second-order valence-corrected chi connectivity index (χ2v) is 5.91. The molecular weight excluding hydrogens is 315 g/mol. The van der Waals surface area contributed by atoms with Crippen molar-refractivity contribution in [3.05, 3.63) is 83.3 Å². The average molecular weight is 336 g/mol. The van der Waals surface area contributed by atoms with Crippen LogP contribution < -0.4 is 10.6 Å². The van der Waals surface area contributed by atoms with Crippen LogP contribution >= 0.6 is 0 Å². The van der Waals surface area contributed by atoms with E-state index in [0.29, 0.717) is 12.5 Å². The van der Waals surface area contributed by atoms with Gasteiger partial charge in [0.2, 0.25) is 5.95 Å². The Labute approximate surface area is 147 Å². The number of nitrogens with one attached hydrogen (secondary N) is 2. The van der Waals surface area contributed by atoms with Crippen molar-refractivity contribution in [2.75, 3.05) is 17.2 Å². The Hall–Kier alpha value is -2.95. The van der Waals surface area contributed by atoms with E-state index in [9.17, 15) is 4.39 Å². The number of nitrogens with zero attached hydrogens (tertiary/aromatic N) is 2. The number of rotatable bonds is 7. The molecule has 0 aliphatic rings. The lowest BCUT2D eigenvalue weighted by molar-refractivity contribution is 0.627. The summed E-state index contributed by atoms with van der Waals surface area (Å²) in [6.45, 7) is 3.47. The fourth-order valence-corrected chi connectivity index (χ4v) is 2.42. The molecule has 1 heterocycles. The Bertz CT molecular complexity index is 801. The molecule has 2 aromatic carbocycles. The molecule has 0 saturated heterocycles. The number of halogens is 1. The van der Waals surface area contributed by atoms with E-state index in [-0.39, 0.29) is 5.82 Å². The van der Waals surface area contributed by atoms with E-state index in [1.807, 2.05) is 6.07 Å². The summed E-state index contributed by atoms with van der Waals surface area (Å²) in [5, 5.41) is 6.50. The van der Waals surface area contributed by atoms with Gasteiger partial charge in [0.15, 0.2) is 0 Å². The number of hydrogen-bond acceptors (Lipinski definition) is 4. The zero-order valence-corrected chi connectivity index (χ0v) is 14.2. The van der Waals surface area contributed by atoms with Crippen molar-refractivity contribution in [3.63, 3.8) is 0 Å². The molecule has 0 amide bonds. The van der Waals surface area contributed by atoms with E-state index in [1.165, 1.54) is 23.3 Å². The van der Waals surface area contributed by atoms with Crippen molar-refractivity contribution in [1.29, 1.82) is 0 Å². The van der Waals surface area contributed by atoms with Gasteiger partial charge in [-0.1, -0.05) is 42.0 Å². The normalized spacial score (nSPS) is 10.5. The zero-order valence-electron chi connectivity index (χ0n) is 14.2. The molecule has 0 spiro atoms. The number of aromatic nitrogens is 2. The van der Waals surface area contributed by atoms with Gasteiger partial charge in [0.05, 0.1) is 0 Å². The van der Waals surface area contributed by atoms with Crippen molar-refractivity contribution in [1.82, 2.24) is 9.97 Å². The lowest BCUT2D eigenvalue weighted by Gasteiger charge is -2.09. The Morgan fingerprint density at radius 3 is 2.36 bits per heavy atom. The number of anilines is 2. The van der Waals surface area contributed by atoms with Crippen LogP contribution in [0.5, 0.6) is 0 Å². The molecule has 0 unspecified atom stereocenters. The highest BCUT2D eigenvalue weighted by Crippen LogP contribution is 2.09. The Kier molecular flexibility index (Phi) is 5.57. The van der Waals surface area contributed by atoms with Crippen molar-refractivity contribution >= 4 is 11.8 Å². The van der Waals surface area contributed by atoms with Crippen LogP contribution in [-0.4, -0.2) is 16.5 Å². The third-order valence-electron chi connectivity index (χ3n) is 3.86. The van der Waals surface area contributed by atoms with Crippen LogP contribution in [0, 0.1) is 12.7 Å². The molecule has 1 aromatic heterocycles. The van der Waals surface area contributed by atoms with Gasteiger partial charge in [-0.25, -0.2) is 9.37 Å². The van der Waals surface area contributed by atoms with Crippen LogP contribution in [0.15, 0.2) is 60.8 Å². The zero-order chi connectivity index (χ0) is 17.5. The van der Waals surface area contributed by atoms with Gasteiger partial charge in [-0.2, -0.15) is 4.98 Å². The summed E-state index contributed by atoms with van der Waals surface area (Å²) < 4.78 is 12.9. The van der Waals surface area contributed by atoms with Crippen LogP contribution in [0.4, 0.5) is 16.2 Å². The van der Waals surface area contributed by atoms with E-state index in [4.69, 9.17) is 0 Å². The number of hydrogen-bond donors (Lipinski definition) is 2. The van der Waals surface area contributed by atoms with Crippen LogP contribution in [0.3, 0.4) is 0 Å². The summed E-state index contributed by atoms with van der Waals surface area (Å²) in [6, 6.07) is 16.7. The molecule has 0 atom stereocenters. The summed E-state index contributed by atoms with van der Waals surface area (Å²) in [7, 11) is 0. The topological polar surface area (TPSA) is 49.8 Å². The van der Waals surface area contributed by atoms with Crippen LogP contribution in [0.2, 0.25) is 0 Å². The second-order valence-electron chi connectivity index (χ2n) is 5.91. The van der Waals surface area contributed by atoms with Crippen molar-refractivity contribution < 1.29 is 4.39 Å². The quantitative estimate of drug-likeness (QED) is 0.679. The molecule has 5 heteroatoms. The highest BCUT2D eigenvalue weighted by molar-refractivity contribution is 5.40. The van der Waals surface area contributed by atoms with Crippen molar-refractivity contribution in [2.24, 2.45) is 0 Å². The molecule has 0 bridgehead atoms. The predicted octanol–water partition coefficient (Wildman–Crippen LogP) is 4.19. The minimum Gasteiger partial charge on any atom is -0.370 e. The van der Waals surface area contributed by atoms with Gasteiger partial charge in [-0.05, 0) is 42.7 Å². The maximum absolute atomic E-state index is 12.9. The van der Waals surface area contributed by atoms with E-state index >= 15 is 0 Å². The molecule has 0 radical (unpaired) electrons. The molecule has 0 aliphatic carbocycles. The molecule has 3 aromatic rings. The Balaban J connectivity index is 1.50. The molecule has 25 heavy (non-hydrogen) atoms. The Morgan fingerprint density at radius 1 is 0.880 bits per heavy atom. The molecule has 2 N–H and O–H groups in total. The summed E-state index contributed by atoms with van der Waals surface area (Å²) in [5.74, 6) is 1.15. The van der Waals surface area contributed by atoms with Gasteiger partial charge in [-0.15, -0.1) is 0 Å². The largest absolute Gasteiger partial charge is 0.370 e. The summed E-state index contributed by atoms with van der Waals surface area (Å²) in [5.41, 5.74) is 3.51. The summed E-state index contributed by atoms with van der Waals surface area (Å²) >= 11 is 0. The molecule has 0 saturated carbocycles. The standard InChI is InChI=1S/C20H21FN4/c1-15-2-4-17(5-3-15)14-24-20-23-13-11-19(25-20)22-12-10-16-6-8-18(21)9-7-16/h2-9,11,13H,10,12,14H2,1H3,(H2,22,23,24,25). The number of aryl methyl sites for hydroxylation is 1. The van der Waals surface area contributed by atoms with Gasteiger partial charge in [0.1, 0.15) is 11.6 Å². The summed E-state index contributed by atoms with van der Waals surface area (Å²) in [4.78, 5) is 8.70. The first-order chi connectivity index (χ1) is 12.2. The van der Waals surface area contributed by atoms with Crippen LogP contribution in [0.1, 0.15) is 16.7 Å². The minimum absolute atomic E-state index is 0.211. The highest BCUT2D eigenvalue weighted by atomic mass is 19.1. The van der Waals surface area contributed by atoms with Crippen molar-refractivity contribution in [2.45, 2.75) is 19.9 Å². The van der Waals surface area contributed by atoms with E-state index in [1.54, 1.807) is 18.3 Å². The first-order valence-electron chi connectivity index (χ1n) is 8.30. The third kappa shape index (κ3) is 5.28. The predicted molar refractivity (Wildman–Crippen MR) is 99.1 cm³/mol. The average Bonchev–Trinajstić information content (AvgIpc) is 2.63. The van der Waals surface area contributed by atoms with E-state index in [2.05, 4.69) is 51.8 Å². The summed E-state index contributed by atoms with van der Waals surface area (Å²) in [6.07, 6.45) is 2.53. The molecular formula is C20H21FN4.